The van der Waals surface area contributed by atoms with Crippen molar-refractivity contribution in [1.29, 1.82) is 0 Å². The zero-order valence-electron chi connectivity index (χ0n) is 9.95. The number of amides is 1. The lowest BCUT2D eigenvalue weighted by molar-refractivity contribution is -0.124. The van der Waals surface area contributed by atoms with Gasteiger partial charge in [-0.2, -0.15) is 0 Å². The van der Waals surface area contributed by atoms with Crippen LogP contribution >= 0.6 is 27.5 Å². The summed E-state index contributed by atoms with van der Waals surface area (Å²) < 4.78 is 6.14. The molecule has 18 heavy (non-hydrogen) atoms. The zero-order chi connectivity index (χ0) is 13.5. The lowest BCUT2D eigenvalue weighted by Gasteiger charge is -2.14. The second-order valence-corrected chi connectivity index (χ2v) is 5.04. The third kappa shape index (κ3) is 4.84. The van der Waals surface area contributed by atoms with Gasteiger partial charge in [0.05, 0.1) is 17.7 Å². The first-order chi connectivity index (χ1) is 8.56. The van der Waals surface area contributed by atoms with Crippen molar-refractivity contribution in [3.63, 3.8) is 0 Å². The number of rotatable bonds is 6. The molecule has 0 radical (unpaired) electrons. The van der Waals surface area contributed by atoms with Crippen LogP contribution in [-0.4, -0.2) is 30.3 Å². The lowest BCUT2D eigenvalue weighted by atomic mass is 10.2. The van der Waals surface area contributed by atoms with Crippen LogP contribution in [0.3, 0.4) is 0 Å². The summed E-state index contributed by atoms with van der Waals surface area (Å²) >= 11 is 9.23. The summed E-state index contributed by atoms with van der Waals surface area (Å²) in [5.74, 6) is 0.168. The SMILES string of the molecule is CC[C@@H](CO)NC(=O)COc1ccc(Br)cc1Cl. The highest BCUT2D eigenvalue weighted by atomic mass is 79.9. The fraction of sp³-hybridized carbons (Fsp3) is 0.417. The number of benzene rings is 1. The Kier molecular flexibility index (Phi) is 6.46. The molecule has 0 spiro atoms. The van der Waals surface area contributed by atoms with Gasteiger partial charge in [-0.15, -0.1) is 0 Å². The topological polar surface area (TPSA) is 58.6 Å². The number of halogens is 2. The number of aliphatic hydroxyl groups is 1. The van der Waals surface area contributed by atoms with Crippen LogP contribution in [0.2, 0.25) is 5.02 Å². The van der Waals surface area contributed by atoms with E-state index in [4.69, 9.17) is 21.4 Å². The molecule has 1 rings (SSSR count). The normalized spacial score (nSPS) is 12.0. The van der Waals surface area contributed by atoms with Crippen molar-refractivity contribution < 1.29 is 14.6 Å². The van der Waals surface area contributed by atoms with Gasteiger partial charge in [0.1, 0.15) is 5.75 Å². The minimum Gasteiger partial charge on any atom is -0.482 e. The van der Waals surface area contributed by atoms with Crippen LogP contribution in [0, 0.1) is 0 Å². The molecular formula is C12H15BrClNO3. The quantitative estimate of drug-likeness (QED) is 0.838. The Bertz CT molecular complexity index is 410. The second-order valence-electron chi connectivity index (χ2n) is 3.72. The molecule has 1 amide bonds. The van der Waals surface area contributed by atoms with Crippen molar-refractivity contribution in [3.8, 4) is 5.75 Å². The van der Waals surface area contributed by atoms with Crippen LogP contribution in [0.5, 0.6) is 5.75 Å². The molecule has 4 nitrogen and oxygen atoms in total. The van der Waals surface area contributed by atoms with E-state index in [9.17, 15) is 4.79 Å². The molecule has 1 aromatic carbocycles. The first kappa shape index (κ1) is 15.3. The number of nitrogens with one attached hydrogen (secondary N) is 1. The van der Waals surface area contributed by atoms with Crippen LogP contribution in [0.15, 0.2) is 22.7 Å². The van der Waals surface area contributed by atoms with E-state index in [1.807, 2.05) is 6.92 Å². The largest absolute Gasteiger partial charge is 0.482 e. The Hall–Kier alpha value is -0.780. The Morgan fingerprint density at radius 1 is 1.61 bits per heavy atom. The van der Waals surface area contributed by atoms with E-state index in [1.165, 1.54) is 0 Å². The molecule has 0 unspecified atom stereocenters. The van der Waals surface area contributed by atoms with Crippen LogP contribution in [-0.2, 0) is 4.79 Å². The van der Waals surface area contributed by atoms with E-state index < -0.39 is 0 Å². The number of hydrogen-bond donors (Lipinski definition) is 2. The van der Waals surface area contributed by atoms with Gasteiger partial charge < -0.3 is 15.2 Å². The summed E-state index contributed by atoms with van der Waals surface area (Å²) in [6, 6.07) is 4.92. The molecule has 0 bridgehead atoms. The van der Waals surface area contributed by atoms with E-state index >= 15 is 0 Å². The lowest BCUT2D eigenvalue weighted by Crippen LogP contribution is -2.39. The molecule has 0 aliphatic heterocycles. The van der Waals surface area contributed by atoms with Crippen molar-refractivity contribution in [1.82, 2.24) is 5.32 Å². The van der Waals surface area contributed by atoms with Gasteiger partial charge in [-0.25, -0.2) is 0 Å². The summed E-state index contributed by atoms with van der Waals surface area (Å²) in [6.07, 6.45) is 0.668. The molecule has 0 saturated carbocycles. The van der Waals surface area contributed by atoms with E-state index in [-0.39, 0.29) is 25.2 Å². The Morgan fingerprint density at radius 3 is 2.89 bits per heavy atom. The number of ether oxygens (including phenoxy) is 1. The van der Waals surface area contributed by atoms with Gasteiger partial charge in [0, 0.05) is 4.47 Å². The molecule has 0 fully saturated rings. The second kappa shape index (κ2) is 7.61. The minimum absolute atomic E-state index is 0.0821. The Morgan fingerprint density at radius 2 is 2.33 bits per heavy atom. The molecule has 6 heteroatoms. The van der Waals surface area contributed by atoms with Crippen LogP contribution < -0.4 is 10.1 Å². The maximum Gasteiger partial charge on any atom is 0.258 e. The maximum absolute atomic E-state index is 11.5. The summed E-state index contributed by atoms with van der Waals surface area (Å²) in [5, 5.41) is 12.0. The van der Waals surface area contributed by atoms with Gasteiger partial charge in [-0.1, -0.05) is 34.5 Å². The smallest absolute Gasteiger partial charge is 0.258 e. The minimum atomic E-state index is -0.283. The van der Waals surface area contributed by atoms with Crippen molar-refractivity contribution in [2.45, 2.75) is 19.4 Å². The van der Waals surface area contributed by atoms with Gasteiger partial charge in [0.2, 0.25) is 0 Å². The first-order valence-corrected chi connectivity index (χ1v) is 6.72. The molecule has 0 aliphatic rings. The molecule has 1 aromatic rings. The van der Waals surface area contributed by atoms with Crippen molar-refractivity contribution >= 4 is 33.4 Å². The summed E-state index contributed by atoms with van der Waals surface area (Å²) in [6.45, 7) is 1.67. The summed E-state index contributed by atoms with van der Waals surface area (Å²) in [4.78, 5) is 11.5. The van der Waals surface area contributed by atoms with Gasteiger partial charge >= 0.3 is 0 Å². The molecule has 100 valence electrons. The highest BCUT2D eigenvalue weighted by molar-refractivity contribution is 9.10. The molecule has 0 aliphatic carbocycles. The van der Waals surface area contributed by atoms with Gasteiger partial charge in [0.25, 0.3) is 5.91 Å². The van der Waals surface area contributed by atoms with Crippen molar-refractivity contribution in [2.75, 3.05) is 13.2 Å². The average Bonchev–Trinajstić information content (AvgIpc) is 2.35. The monoisotopic (exact) mass is 335 g/mol. The van der Waals surface area contributed by atoms with Gasteiger partial charge in [-0.05, 0) is 24.6 Å². The van der Waals surface area contributed by atoms with Crippen molar-refractivity contribution in [3.05, 3.63) is 27.7 Å². The van der Waals surface area contributed by atoms with Gasteiger partial charge in [-0.3, -0.25) is 4.79 Å². The van der Waals surface area contributed by atoms with Gasteiger partial charge in [0.15, 0.2) is 6.61 Å². The summed E-state index contributed by atoms with van der Waals surface area (Å²) in [7, 11) is 0. The standard InChI is InChI=1S/C12H15BrClNO3/c1-2-9(6-16)15-12(17)7-18-11-4-3-8(13)5-10(11)14/h3-5,9,16H,2,6-7H2,1H3,(H,15,17)/t9-/m0/s1. The van der Waals surface area contributed by atoms with Crippen LogP contribution in [0.1, 0.15) is 13.3 Å². The third-order valence-electron chi connectivity index (χ3n) is 2.33. The van der Waals surface area contributed by atoms with E-state index in [0.717, 1.165) is 4.47 Å². The van der Waals surface area contributed by atoms with E-state index in [0.29, 0.717) is 17.2 Å². The number of carbonyl (C=O) groups is 1. The number of carbonyl (C=O) groups excluding carboxylic acids is 1. The number of hydrogen-bond acceptors (Lipinski definition) is 3. The molecule has 2 N–H and O–H groups in total. The first-order valence-electron chi connectivity index (χ1n) is 5.54. The summed E-state index contributed by atoms with van der Waals surface area (Å²) in [5.41, 5.74) is 0. The Labute approximate surface area is 119 Å². The average molecular weight is 337 g/mol. The maximum atomic E-state index is 11.5. The fourth-order valence-electron chi connectivity index (χ4n) is 1.28. The van der Waals surface area contributed by atoms with Crippen LogP contribution in [0.25, 0.3) is 0 Å². The zero-order valence-corrected chi connectivity index (χ0v) is 12.3. The fourth-order valence-corrected chi connectivity index (χ4v) is 2.01. The predicted molar refractivity (Wildman–Crippen MR) is 74.0 cm³/mol. The van der Waals surface area contributed by atoms with E-state index in [1.54, 1.807) is 18.2 Å². The van der Waals surface area contributed by atoms with Crippen LogP contribution in [0.4, 0.5) is 0 Å². The predicted octanol–water partition coefficient (Wildman–Crippen LogP) is 2.37. The molecule has 0 saturated heterocycles. The molecule has 1 atom stereocenters. The van der Waals surface area contributed by atoms with Crippen molar-refractivity contribution in [2.24, 2.45) is 0 Å². The highest BCUT2D eigenvalue weighted by Crippen LogP contribution is 2.27. The molecule has 0 heterocycles. The third-order valence-corrected chi connectivity index (χ3v) is 3.12. The molecule has 0 aromatic heterocycles. The highest BCUT2D eigenvalue weighted by Gasteiger charge is 2.10. The number of aliphatic hydroxyl groups excluding tert-OH is 1. The Balaban J connectivity index is 2.47. The van der Waals surface area contributed by atoms with E-state index in [2.05, 4.69) is 21.2 Å². The molecular weight excluding hydrogens is 321 g/mol.